The van der Waals surface area contributed by atoms with Crippen molar-refractivity contribution < 1.29 is 19.4 Å². The minimum Gasteiger partial charge on any atom is -0.477 e. The summed E-state index contributed by atoms with van der Waals surface area (Å²) in [6.07, 6.45) is 3.07. The number of hydrogen-bond acceptors (Lipinski definition) is 5. The number of carbonyl (C=O) groups is 1. The molecule has 0 bridgehead atoms. The highest BCUT2D eigenvalue weighted by molar-refractivity contribution is 5.95. The number of nitrogens with zero attached hydrogens (tertiary/aromatic N) is 3. The topological polar surface area (TPSA) is 86.0 Å². The summed E-state index contributed by atoms with van der Waals surface area (Å²) < 4.78 is 16.8. The molecule has 7 nitrogen and oxygen atoms in total. The van der Waals surface area contributed by atoms with Crippen molar-refractivity contribution in [1.29, 1.82) is 0 Å². The van der Waals surface area contributed by atoms with Crippen molar-refractivity contribution in [2.24, 2.45) is 0 Å². The number of pyridine rings is 1. The molecule has 0 unspecified atom stereocenters. The molecule has 1 saturated carbocycles. The van der Waals surface area contributed by atoms with Crippen molar-refractivity contribution in [1.82, 2.24) is 9.47 Å². The molecule has 8 heteroatoms. The van der Waals surface area contributed by atoms with Crippen LogP contribution in [0.25, 0.3) is 10.9 Å². The average molecular weight is 375 g/mol. The number of fused-ring (bicyclic) bond motifs is 1. The number of piperazine rings is 1. The van der Waals surface area contributed by atoms with Gasteiger partial charge in [-0.15, -0.1) is 0 Å². The number of aromatic nitrogens is 1. The second kappa shape index (κ2) is 6.61. The van der Waals surface area contributed by atoms with E-state index < -0.39 is 23.8 Å². The second-order valence-corrected chi connectivity index (χ2v) is 7.35. The normalized spacial score (nSPS) is 18.3. The van der Waals surface area contributed by atoms with E-state index in [2.05, 4.69) is 4.90 Å². The molecule has 0 radical (unpaired) electrons. The monoisotopic (exact) mass is 375 g/mol. The summed E-state index contributed by atoms with van der Waals surface area (Å²) in [6.45, 7) is 2.36. The van der Waals surface area contributed by atoms with Crippen LogP contribution in [-0.4, -0.2) is 58.9 Å². The van der Waals surface area contributed by atoms with Gasteiger partial charge in [-0.25, -0.2) is 9.18 Å². The quantitative estimate of drug-likeness (QED) is 0.841. The van der Waals surface area contributed by atoms with Crippen molar-refractivity contribution in [3.05, 3.63) is 39.4 Å². The summed E-state index contributed by atoms with van der Waals surface area (Å²) in [6, 6.07) is 1.21. The third-order valence-corrected chi connectivity index (χ3v) is 5.49. The van der Waals surface area contributed by atoms with Crippen LogP contribution in [0.1, 0.15) is 34.8 Å². The molecule has 2 fully saturated rings. The van der Waals surface area contributed by atoms with Crippen LogP contribution in [-0.2, 0) is 6.61 Å². The number of carboxylic acids is 1. The van der Waals surface area contributed by atoms with E-state index in [1.54, 1.807) is 4.57 Å². The van der Waals surface area contributed by atoms with Gasteiger partial charge in [0, 0.05) is 49.4 Å². The molecule has 1 aliphatic heterocycles. The van der Waals surface area contributed by atoms with Gasteiger partial charge in [-0.2, -0.15) is 0 Å². The fraction of sp³-hybridized carbons (Fsp3) is 0.474. The Labute approximate surface area is 155 Å². The number of carboxylic acid groups (broad SMARTS) is 1. The Kier molecular flexibility index (Phi) is 4.39. The molecule has 4 rings (SSSR count). The van der Waals surface area contributed by atoms with Gasteiger partial charge in [0.1, 0.15) is 11.4 Å². The summed E-state index contributed by atoms with van der Waals surface area (Å²) in [5, 5.41) is 19.5. The molecule has 1 aliphatic carbocycles. The minimum atomic E-state index is -1.33. The molecule has 0 spiro atoms. The van der Waals surface area contributed by atoms with Crippen LogP contribution >= 0.6 is 0 Å². The van der Waals surface area contributed by atoms with Gasteiger partial charge >= 0.3 is 5.97 Å². The number of benzene rings is 1. The van der Waals surface area contributed by atoms with Gasteiger partial charge < -0.3 is 24.6 Å². The van der Waals surface area contributed by atoms with Gasteiger partial charge in [0.05, 0.1) is 17.8 Å². The smallest absolute Gasteiger partial charge is 0.341 e. The maximum atomic E-state index is 15.0. The fourth-order valence-corrected chi connectivity index (χ4v) is 3.87. The molecule has 1 saturated heterocycles. The predicted octanol–water partition coefficient (Wildman–Crippen LogP) is 1.42. The van der Waals surface area contributed by atoms with Crippen molar-refractivity contribution in [3.8, 4) is 0 Å². The van der Waals surface area contributed by atoms with Crippen LogP contribution in [0.15, 0.2) is 17.1 Å². The van der Waals surface area contributed by atoms with Crippen LogP contribution in [0.5, 0.6) is 0 Å². The van der Waals surface area contributed by atoms with Crippen LogP contribution in [0, 0.1) is 5.82 Å². The lowest BCUT2D eigenvalue weighted by atomic mass is 10.0. The third-order valence-electron chi connectivity index (χ3n) is 5.49. The van der Waals surface area contributed by atoms with Gasteiger partial charge in [-0.1, -0.05) is 0 Å². The van der Waals surface area contributed by atoms with Crippen molar-refractivity contribution in [2.45, 2.75) is 25.5 Å². The molecule has 2 aromatic rings. The van der Waals surface area contributed by atoms with Crippen LogP contribution in [0.2, 0.25) is 0 Å². The summed E-state index contributed by atoms with van der Waals surface area (Å²) in [5.74, 6) is -1.93. The van der Waals surface area contributed by atoms with E-state index in [0.717, 1.165) is 32.0 Å². The first-order chi connectivity index (χ1) is 12.9. The fourth-order valence-electron chi connectivity index (χ4n) is 3.87. The summed E-state index contributed by atoms with van der Waals surface area (Å²) in [7, 11) is 2.00. The molecule has 0 atom stereocenters. The maximum Gasteiger partial charge on any atom is 0.341 e. The zero-order valence-electron chi connectivity index (χ0n) is 15.1. The van der Waals surface area contributed by atoms with E-state index in [1.807, 2.05) is 11.9 Å². The van der Waals surface area contributed by atoms with E-state index in [0.29, 0.717) is 29.9 Å². The number of aliphatic hydroxyl groups is 1. The molecule has 2 aliphatic rings. The lowest BCUT2D eigenvalue weighted by Crippen LogP contribution is -2.45. The highest BCUT2D eigenvalue weighted by atomic mass is 19.1. The summed E-state index contributed by atoms with van der Waals surface area (Å²) in [4.78, 5) is 28.2. The molecule has 27 heavy (non-hydrogen) atoms. The third kappa shape index (κ3) is 2.98. The lowest BCUT2D eigenvalue weighted by molar-refractivity contribution is 0.0695. The Hall–Kier alpha value is -2.45. The Balaban J connectivity index is 2.00. The molecule has 0 amide bonds. The van der Waals surface area contributed by atoms with Gasteiger partial charge in [0.15, 0.2) is 0 Å². The van der Waals surface area contributed by atoms with Crippen LogP contribution < -0.4 is 10.3 Å². The van der Waals surface area contributed by atoms with Gasteiger partial charge in [-0.3, -0.25) is 4.79 Å². The second-order valence-electron chi connectivity index (χ2n) is 7.35. The molecule has 1 aromatic heterocycles. The number of aliphatic hydroxyl groups excluding tert-OH is 1. The molecular weight excluding hydrogens is 353 g/mol. The van der Waals surface area contributed by atoms with Gasteiger partial charge in [-0.05, 0) is 26.0 Å². The first-order valence-corrected chi connectivity index (χ1v) is 9.10. The number of rotatable bonds is 4. The molecule has 1 aromatic carbocycles. The SMILES string of the molecule is CN1CCN(c2c(F)cc3c(=O)c(C(=O)O)cn(C4CC4)c3c2CO)CC1. The van der Waals surface area contributed by atoms with Crippen LogP contribution in [0.4, 0.5) is 10.1 Å². The number of aromatic carboxylic acids is 1. The zero-order chi connectivity index (χ0) is 19.3. The number of likely N-dealkylation sites (N-methyl/N-ethyl adjacent to an activating group) is 1. The Morgan fingerprint density at radius 3 is 2.48 bits per heavy atom. The van der Waals surface area contributed by atoms with Crippen molar-refractivity contribution in [3.63, 3.8) is 0 Å². The van der Waals surface area contributed by atoms with Crippen molar-refractivity contribution in [2.75, 3.05) is 38.1 Å². The standard InChI is InChI=1S/C19H22FN3O4/c1-21-4-6-22(7-5-21)17-14(10-24)16-12(8-15(17)20)18(25)13(19(26)27)9-23(16)11-2-3-11/h8-9,11,24H,2-7,10H2,1H3,(H,26,27). The van der Waals surface area contributed by atoms with E-state index in [4.69, 9.17) is 0 Å². The number of hydrogen-bond donors (Lipinski definition) is 2. The van der Waals surface area contributed by atoms with Gasteiger partial charge in [0.25, 0.3) is 0 Å². The van der Waals surface area contributed by atoms with E-state index in [1.165, 1.54) is 6.20 Å². The summed E-state index contributed by atoms with van der Waals surface area (Å²) in [5.41, 5.74) is 0.0359. The highest BCUT2D eigenvalue weighted by Gasteiger charge is 2.30. The zero-order valence-corrected chi connectivity index (χ0v) is 15.1. The van der Waals surface area contributed by atoms with Crippen molar-refractivity contribution >= 4 is 22.6 Å². The molecule has 2 N–H and O–H groups in total. The first kappa shape index (κ1) is 17.9. The number of anilines is 1. The van der Waals surface area contributed by atoms with E-state index >= 15 is 4.39 Å². The molecular formula is C19H22FN3O4. The highest BCUT2D eigenvalue weighted by Crippen LogP contribution is 2.40. The molecule has 144 valence electrons. The Bertz CT molecular complexity index is 975. The first-order valence-electron chi connectivity index (χ1n) is 9.10. The average Bonchev–Trinajstić information content (AvgIpc) is 3.47. The largest absolute Gasteiger partial charge is 0.477 e. The van der Waals surface area contributed by atoms with Crippen LogP contribution in [0.3, 0.4) is 0 Å². The predicted molar refractivity (Wildman–Crippen MR) is 99.0 cm³/mol. The van der Waals surface area contributed by atoms with E-state index in [9.17, 15) is 19.8 Å². The van der Waals surface area contributed by atoms with E-state index in [-0.39, 0.29) is 17.0 Å². The maximum absolute atomic E-state index is 15.0. The number of halogens is 1. The minimum absolute atomic E-state index is 0.0150. The van der Waals surface area contributed by atoms with Gasteiger partial charge in [0.2, 0.25) is 5.43 Å². The molecule has 2 heterocycles. The Morgan fingerprint density at radius 1 is 1.26 bits per heavy atom. The summed E-state index contributed by atoms with van der Waals surface area (Å²) >= 11 is 0. The lowest BCUT2D eigenvalue weighted by Gasteiger charge is -2.35. The Morgan fingerprint density at radius 2 is 1.93 bits per heavy atom.